The number of aliphatic hydroxyl groups is 1. The van der Waals surface area contributed by atoms with Crippen LogP contribution in [0.25, 0.3) is 0 Å². The predicted molar refractivity (Wildman–Crippen MR) is 353 cm³/mol. The standard InChI is InChI=1S/C39H80O.C35H72O.CH4/c1-21-23(4)25(6)27(8)29(10)33(14)35(16)37(18)39(20,40)38(19)36(17)34(15)32(13)31(12)30(11)28(9)26(7)24(5)22(2)3;1-19-21(3)23(5)25(7)27(9)29(11)31(13)33(15)35(17,36-18)34(16)32(14)30(12)28(10)26(8)24(6)22(4)20-2;/h22-38,40H,21H2,1-20H3;21-34H,19-20H2,1-18H3;1H4/i;;1+1. The lowest BCUT2D eigenvalue weighted by Gasteiger charge is -2.49. The van der Waals surface area contributed by atoms with E-state index >= 15 is 0 Å². The Morgan fingerprint density at radius 2 is 0.416 bits per heavy atom. The molecular weight excluding hydrogens is 934 g/mol. The average Bonchev–Trinajstić information content (AvgIpc) is 3.42. The summed E-state index contributed by atoms with van der Waals surface area (Å²) in [6.07, 6.45) is 3.81. The largest absolute Gasteiger partial charge is 0.390 e. The molecule has 31 unspecified atom stereocenters. The molecule has 0 aromatic carbocycles. The SMILES string of the molecule is CCC(C)C(C)C(C)C(C)C(C)C(C)C(C)C(C)(O)C(C)C(C)C(C)C(C)C(C)C(C)C(C)C(C)C(C)C(C)C.CCC(C)C(C)C(C)C(C)C(C)C(C)C(C)C(C)(OC)C(C)C(C)C(C)C(C)C(C)C(C)C(C)CC.[13CH4]. The number of rotatable bonds is 35. The zero-order chi connectivity index (χ0) is 60.7. The summed E-state index contributed by atoms with van der Waals surface area (Å²) < 4.78 is 6.49. The third-order valence-electron chi connectivity index (χ3n) is 28.7. The second kappa shape index (κ2) is 35.9. The molecule has 0 bridgehead atoms. The van der Waals surface area contributed by atoms with E-state index in [9.17, 15) is 5.11 Å². The smallest absolute Gasteiger partial charge is 0.0706 e. The van der Waals surface area contributed by atoms with Gasteiger partial charge in [-0.05, 0) is 197 Å². The summed E-state index contributed by atoms with van der Waals surface area (Å²) in [5.74, 6) is 20.0. The zero-order valence-electron chi connectivity index (χ0n) is 59.9. The van der Waals surface area contributed by atoms with Gasteiger partial charge in [0, 0.05) is 7.11 Å². The Labute approximate surface area is 492 Å². The summed E-state index contributed by atoms with van der Waals surface area (Å²) in [6, 6.07) is 0. The van der Waals surface area contributed by atoms with Gasteiger partial charge >= 0.3 is 0 Å². The summed E-state index contributed by atoms with van der Waals surface area (Å²) in [5.41, 5.74) is -0.812. The Bertz CT molecular complexity index is 1430. The van der Waals surface area contributed by atoms with Gasteiger partial charge in [-0.25, -0.2) is 0 Å². The predicted octanol–water partition coefficient (Wildman–Crippen LogP) is 23.7. The van der Waals surface area contributed by atoms with Crippen molar-refractivity contribution in [3.8, 4) is 0 Å². The first-order valence-corrected chi connectivity index (χ1v) is 33.8. The Morgan fingerprint density at radius 3 is 0.584 bits per heavy atom. The molecule has 0 amide bonds. The Hall–Kier alpha value is -0.0800. The maximum atomic E-state index is 12.1. The molecule has 0 aromatic rings. The van der Waals surface area contributed by atoms with Gasteiger partial charge in [-0.3, -0.25) is 0 Å². The van der Waals surface area contributed by atoms with Crippen molar-refractivity contribution in [2.24, 2.45) is 183 Å². The summed E-state index contributed by atoms with van der Waals surface area (Å²) >= 11 is 0. The van der Waals surface area contributed by atoms with Gasteiger partial charge in [0.15, 0.2) is 0 Å². The van der Waals surface area contributed by atoms with E-state index in [2.05, 4.69) is 256 Å². The number of methoxy groups -OCH3 is 1. The third kappa shape index (κ3) is 20.9. The molecule has 0 spiro atoms. The van der Waals surface area contributed by atoms with Gasteiger partial charge in [-0.15, -0.1) is 0 Å². The molecular formula is C75H156O2. The van der Waals surface area contributed by atoms with Gasteiger partial charge < -0.3 is 9.84 Å². The number of hydrogen-bond acceptors (Lipinski definition) is 2. The highest BCUT2D eigenvalue weighted by molar-refractivity contribution is 4.97. The summed E-state index contributed by atoms with van der Waals surface area (Å²) in [4.78, 5) is 0. The topological polar surface area (TPSA) is 29.5 Å². The van der Waals surface area contributed by atoms with Crippen LogP contribution in [-0.2, 0) is 4.74 Å². The molecule has 0 radical (unpaired) electrons. The van der Waals surface area contributed by atoms with Crippen molar-refractivity contribution in [2.45, 2.75) is 294 Å². The first kappa shape index (κ1) is 81.1. The lowest BCUT2D eigenvalue weighted by Crippen LogP contribution is -2.50. The molecule has 2 nitrogen and oxygen atoms in total. The molecule has 0 aliphatic rings. The van der Waals surface area contributed by atoms with Gasteiger partial charge in [0.1, 0.15) is 0 Å². The maximum Gasteiger partial charge on any atom is 0.0706 e. The van der Waals surface area contributed by atoms with Crippen LogP contribution in [0.3, 0.4) is 0 Å². The van der Waals surface area contributed by atoms with Crippen LogP contribution >= 0.6 is 0 Å². The van der Waals surface area contributed by atoms with Crippen molar-refractivity contribution < 1.29 is 9.84 Å². The van der Waals surface area contributed by atoms with Gasteiger partial charge in [-0.2, -0.15) is 0 Å². The molecule has 0 aromatic heterocycles. The van der Waals surface area contributed by atoms with Crippen LogP contribution in [0.1, 0.15) is 283 Å². The molecule has 31 atom stereocenters. The highest BCUT2D eigenvalue weighted by Gasteiger charge is 2.47. The minimum absolute atomic E-state index is 0. The molecule has 0 aliphatic carbocycles. The molecule has 77 heavy (non-hydrogen) atoms. The Kier molecular flexibility index (Phi) is 37.9. The fraction of sp³-hybridized carbons (Fsp3) is 1.00. The monoisotopic (exact) mass is 1090 g/mol. The molecule has 0 fully saturated rings. The normalized spacial score (nSPS) is 26.0. The molecule has 0 saturated carbocycles. The first-order valence-electron chi connectivity index (χ1n) is 33.8. The lowest BCUT2D eigenvalue weighted by atomic mass is 9.60. The van der Waals surface area contributed by atoms with Gasteiger partial charge in [0.2, 0.25) is 0 Å². The van der Waals surface area contributed by atoms with Crippen molar-refractivity contribution in [1.82, 2.24) is 0 Å². The minimum Gasteiger partial charge on any atom is -0.390 e. The van der Waals surface area contributed by atoms with E-state index in [0.717, 1.165) is 65.1 Å². The van der Waals surface area contributed by atoms with Gasteiger partial charge in [0.25, 0.3) is 0 Å². The second-order valence-electron chi connectivity index (χ2n) is 30.9. The van der Waals surface area contributed by atoms with E-state index in [1.807, 2.05) is 7.11 Å². The summed E-state index contributed by atoms with van der Waals surface area (Å²) in [6.45, 7) is 90.3. The van der Waals surface area contributed by atoms with Crippen molar-refractivity contribution in [3.05, 3.63) is 0 Å². The van der Waals surface area contributed by atoms with Crippen LogP contribution in [0, 0.1) is 183 Å². The van der Waals surface area contributed by atoms with Crippen LogP contribution in [0.2, 0.25) is 0 Å². The van der Waals surface area contributed by atoms with E-state index < -0.39 is 5.60 Å². The molecule has 1 N–H and O–H groups in total. The summed E-state index contributed by atoms with van der Waals surface area (Å²) in [5, 5.41) is 12.1. The van der Waals surface area contributed by atoms with Crippen molar-refractivity contribution in [3.63, 3.8) is 0 Å². The first-order chi connectivity index (χ1) is 34.5. The second-order valence-corrected chi connectivity index (χ2v) is 30.9. The highest BCUT2D eigenvalue weighted by Crippen LogP contribution is 2.49. The van der Waals surface area contributed by atoms with Crippen LogP contribution in [0.5, 0.6) is 0 Å². The van der Waals surface area contributed by atoms with Gasteiger partial charge in [0.05, 0.1) is 11.2 Å². The Morgan fingerprint density at radius 1 is 0.260 bits per heavy atom. The van der Waals surface area contributed by atoms with Crippen LogP contribution < -0.4 is 0 Å². The van der Waals surface area contributed by atoms with E-state index in [0.29, 0.717) is 107 Å². The third-order valence-corrected chi connectivity index (χ3v) is 28.7. The van der Waals surface area contributed by atoms with E-state index in [1.54, 1.807) is 0 Å². The van der Waals surface area contributed by atoms with Crippen LogP contribution in [0.15, 0.2) is 0 Å². The summed E-state index contributed by atoms with van der Waals surface area (Å²) in [7, 11) is 1.97. The van der Waals surface area contributed by atoms with E-state index in [-0.39, 0.29) is 24.9 Å². The lowest BCUT2D eigenvalue weighted by molar-refractivity contribution is -0.124. The fourth-order valence-electron chi connectivity index (χ4n) is 15.6. The highest BCUT2D eigenvalue weighted by atomic mass is 16.5. The Balaban J connectivity index is -0.00000141. The van der Waals surface area contributed by atoms with Crippen molar-refractivity contribution >= 4 is 0 Å². The average molecular weight is 1090 g/mol. The van der Waals surface area contributed by atoms with E-state index in [1.165, 1.54) is 19.3 Å². The molecule has 2 heteroatoms. The van der Waals surface area contributed by atoms with Gasteiger partial charge in [-0.1, -0.05) is 269 Å². The van der Waals surface area contributed by atoms with Crippen molar-refractivity contribution in [1.29, 1.82) is 0 Å². The van der Waals surface area contributed by atoms with Crippen molar-refractivity contribution in [2.75, 3.05) is 7.11 Å². The molecule has 0 rings (SSSR count). The molecule has 0 saturated heterocycles. The van der Waals surface area contributed by atoms with E-state index in [4.69, 9.17) is 4.74 Å². The fourth-order valence-corrected chi connectivity index (χ4v) is 15.6. The molecule has 468 valence electrons. The maximum absolute atomic E-state index is 12.1. The number of ether oxygens (including phenoxy) is 1. The molecule has 0 aliphatic heterocycles. The zero-order valence-corrected chi connectivity index (χ0v) is 59.9. The quantitative estimate of drug-likeness (QED) is 0.0641. The van der Waals surface area contributed by atoms with Crippen LogP contribution in [-0.4, -0.2) is 23.4 Å². The molecule has 0 heterocycles. The number of hydrogen-bond donors (Lipinski definition) is 1. The minimum atomic E-state index is -0.685. The van der Waals surface area contributed by atoms with Crippen LogP contribution in [0.4, 0.5) is 0 Å².